The molecule has 0 bridgehead atoms. The number of hydrogen-bond donors (Lipinski definition) is 0. The Labute approximate surface area is 173 Å². The average Bonchev–Trinajstić information content (AvgIpc) is 2.76. The molecule has 0 saturated heterocycles. The van der Waals surface area contributed by atoms with Crippen molar-refractivity contribution in [3.63, 3.8) is 0 Å². The number of rotatable bonds is 5. The van der Waals surface area contributed by atoms with Gasteiger partial charge < -0.3 is 4.74 Å². The summed E-state index contributed by atoms with van der Waals surface area (Å²) in [5.41, 5.74) is 2.33. The van der Waals surface area contributed by atoms with Gasteiger partial charge in [-0.1, -0.05) is 35.9 Å². The summed E-state index contributed by atoms with van der Waals surface area (Å²) in [5, 5.41) is 0.628. The molecule has 0 fully saturated rings. The summed E-state index contributed by atoms with van der Waals surface area (Å²) < 4.78 is 6.77. The van der Waals surface area contributed by atoms with Crippen LogP contribution in [0.3, 0.4) is 0 Å². The first-order valence-electron chi connectivity index (χ1n) is 9.14. The number of dihydropyridines is 1. The predicted molar refractivity (Wildman–Crippen MR) is 111 cm³/mol. The molecule has 1 atom stereocenters. The number of carbonyl (C=O) groups excluding carboxylic acids is 2. The highest BCUT2D eigenvalue weighted by Gasteiger charge is 2.47. The molecule has 0 saturated carbocycles. The third-order valence-electron chi connectivity index (χ3n) is 4.90. The first-order chi connectivity index (χ1) is 14.1. The number of nitrogens with zero attached hydrogens (tertiary/aromatic N) is 3. The maximum absolute atomic E-state index is 13.3. The minimum absolute atomic E-state index is 0.168. The molecule has 6 nitrogen and oxygen atoms in total. The molecule has 2 aliphatic rings. The van der Waals surface area contributed by atoms with Crippen LogP contribution in [0.1, 0.15) is 11.1 Å². The molecule has 0 N–H and O–H groups in total. The Kier molecular flexibility index (Phi) is 5.27. The van der Waals surface area contributed by atoms with Gasteiger partial charge in [-0.05, 0) is 47.5 Å². The van der Waals surface area contributed by atoms with Crippen molar-refractivity contribution < 1.29 is 18.9 Å². The van der Waals surface area contributed by atoms with E-state index in [1.165, 1.54) is 4.90 Å². The van der Waals surface area contributed by atoms with E-state index in [0.29, 0.717) is 23.0 Å². The Morgan fingerprint density at radius 3 is 2.45 bits per heavy atom. The quantitative estimate of drug-likeness (QED) is 0.711. The summed E-state index contributed by atoms with van der Waals surface area (Å²) in [6.45, 7) is 0.496. The number of ether oxygens (including phenoxy) is 1. The lowest BCUT2D eigenvalue weighted by atomic mass is 10.0. The number of halogens is 1. The van der Waals surface area contributed by atoms with Crippen molar-refractivity contribution in [2.45, 2.75) is 19.1 Å². The zero-order valence-corrected chi connectivity index (χ0v) is 16.5. The van der Waals surface area contributed by atoms with Crippen LogP contribution in [0.4, 0.5) is 4.79 Å². The Morgan fingerprint density at radius 2 is 1.76 bits per heavy atom. The van der Waals surface area contributed by atoms with Crippen molar-refractivity contribution in [1.82, 2.24) is 4.90 Å². The van der Waals surface area contributed by atoms with Gasteiger partial charge in [0.15, 0.2) is 0 Å². The third-order valence-corrected chi connectivity index (χ3v) is 5.15. The number of hydrogen-bond acceptors (Lipinski definition) is 4. The van der Waals surface area contributed by atoms with Gasteiger partial charge in [0.2, 0.25) is 6.04 Å². The van der Waals surface area contributed by atoms with Gasteiger partial charge in [-0.15, -0.1) is 0 Å². The minimum atomic E-state index is -0.719. The number of urea groups is 1. The Balaban J connectivity index is 1.67. The van der Waals surface area contributed by atoms with Gasteiger partial charge in [0.25, 0.3) is 0 Å². The van der Waals surface area contributed by atoms with E-state index in [2.05, 4.69) is 4.99 Å². The van der Waals surface area contributed by atoms with Crippen LogP contribution in [0.2, 0.25) is 5.02 Å². The number of imide groups is 1. The SMILES string of the molecule is COc1ccc(CN2C(=O)C3N=CC=CC3=[N+](Cc3ccc(Cl)cc3)C2=O)cc1. The van der Waals surface area contributed by atoms with Crippen molar-refractivity contribution in [3.05, 3.63) is 76.8 Å². The smallest absolute Gasteiger partial charge is 0.497 e. The lowest BCUT2D eigenvalue weighted by Gasteiger charge is -2.26. The van der Waals surface area contributed by atoms with Gasteiger partial charge in [0.1, 0.15) is 24.6 Å². The number of methoxy groups -OCH3 is 1. The molecular formula is C22H19ClN3O3+. The summed E-state index contributed by atoms with van der Waals surface area (Å²) in [5.74, 6) is 0.390. The van der Waals surface area contributed by atoms with Crippen molar-refractivity contribution >= 4 is 35.5 Å². The monoisotopic (exact) mass is 408 g/mol. The van der Waals surface area contributed by atoms with Crippen LogP contribution >= 0.6 is 11.6 Å². The highest BCUT2D eigenvalue weighted by atomic mass is 35.5. The largest absolute Gasteiger partial charge is 0.501 e. The Morgan fingerprint density at radius 1 is 1.07 bits per heavy atom. The molecule has 1 unspecified atom stereocenters. The molecule has 0 spiro atoms. The molecule has 0 aliphatic carbocycles. The minimum Gasteiger partial charge on any atom is -0.497 e. The number of fused-ring (bicyclic) bond motifs is 1. The van der Waals surface area contributed by atoms with E-state index in [0.717, 1.165) is 11.1 Å². The van der Waals surface area contributed by atoms with Crippen LogP contribution in [0.5, 0.6) is 5.75 Å². The Bertz CT molecular complexity index is 1040. The number of amides is 3. The fraction of sp³-hybridized carbons (Fsp3) is 0.182. The van der Waals surface area contributed by atoms with Gasteiger partial charge >= 0.3 is 11.9 Å². The second kappa shape index (κ2) is 8.01. The molecular weight excluding hydrogens is 390 g/mol. The number of benzene rings is 2. The summed E-state index contributed by atoms with van der Waals surface area (Å²) in [4.78, 5) is 31.8. The van der Waals surface area contributed by atoms with E-state index in [4.69, 9.17) is 16.3 Å². The standard InChI is InChI=1S/C22H19ClN3O3/c1-29-18-10-6-16(7-11-18)14-26-21(27)20-19(3-2-12-24-20)25(22(26)28)13-15-4-8-17(23)9-5-15/h2-12,20H,13-14H2,1H3/q+1. The van der Waals surface area contributed by atoms with Crippen LogP contribution < -0.4 is 4.74 Å². The molecule has 7 heteroatoms. The maximum atomic E-state index is 13.3. The Hall–Kier alpha value is -3.25. The van der Waals surface area contributed by atoms with Crippen LogP contribution in [0, 0.1) is 0 Å². The van der Waals surface area contributed by atoms with Crippen LogP contribution in [-0.4, -0.2) is 46.5 Å². The summed E-state index contributed by atoms with van der Waals surface area (Å²) in [6.07, 6.45) is 5.10. The molecule has 3 amide bonds. The van der Waals surface area contributed by atoms with Gasteiger partial charge in [0, 0.05) is 11.2 Å². The summed E-state index contributed by atoms with van der Waals surface area (Å²) in [6, 6.07) is 13.5. The molecule has 2 aliphatic heterocycles. The van der Waals surface area contributed by atoms with Crippen LogP contribution in [-0.2, 0) is 17.9 Å². The second-order valence-corrected chi connectivity index (χ2v) is 7.19. The number of carbonyl (C=O) groups is 2. The van der Waals surface area contributed by atoms with Crippen molar-refractivity contribution in [2.24, 2.45) is 4.99 Å². The normalized spacial score (nSPS) is 18.3. The van der Waals surface area contributed by atoms with Gasteiger partial charge in [-0.25, -0.2) is 4.79 Å². The molecule has 2 aromatic carbocycles. The molecule has 4 rings (SSSR count). The highest BCUT2D eigenvalue weighted by Crippen LogP contribution is 2.21. The zero-order valence-electron chi connectivity index (χ0n) is 15.8. The molecule has 146 valence electrons. The second-order valence-electron chi connectivity index (χ2n) is 6.75. The number of aliphatic imine (C=N–C) groups is 1. The first kappa shape index (κ1) is 19.1. The van der Waals surface area contributed by atoms with E-state index in [-0.39, 0.29) is 18.5 Å². The lowest BCUT2D eigenvalue weighted by molar-refractivity contribution is -0.455. The highest BCUT2D eigenvalue weighted by molar-refractivity contribution is 6.30. The third kappa shape index (κ3) is 3.84. The van der Waals surface area contributed by atoms with Gasteiger partial charge in [-0.2, -0.15) is 14.3 Å². The summed E-state index contributed by atoms with van der Waals surface area (Å²) in [7, 11) is 1.59. The van der Waals surface area contributed by atoms with E-state index >= 15 is 0 Å². The average molecular weight is 409 g/mol. The van der Waals surface area contributed by atoms with Gasteiger partial charge in [0.05, 0.1) is 7.11 Å². The molecule has 2 heterocycles. The van der Waals surface area contributed by atoms with E-state index in [1.54, 1.807) is 54.3 Å². The van der Waals surface area contributed by atoms with Crippen molar-refractivity contribution in [2.75, 3.05) is 7.11 Å². The zero-order chi connectivity index (χ0) is 20.4. The van der Waals surface area contributed by atoms with Crippen LogP contribution in [0.15, 0.2) is 65.7 Å². The predicted octanol–water partition coefficient (Wildman–Crippen LogP) is 3.47. The molecule has 0 aromatic heterocycles. The summed E-state index contributed by atoms with van der Waals surface area (Å²) >= 11 is 5.97. The van der Waals surface area contributed by atoms with Crippen molar-refractivity contribution in [1.29, 1.82) is 0 Å². The maximum Gasteiger partial charge on any atom is 0.501 e. The van der Waals surface area contributed by atoms with E-state index < -0.39 is 6.04 Å². The number of allylic oxidation sites excluding steroid dienone is 1. The molecule has 2 aromatic rings. The molecule has 29 heavy (non-hydrogen) atoms. The fourth-order valence-corrected chi connectivity index (χ4v) is 3.49. The lowest BCUT2D eigenvalue weighted by Crippen LogP contribution is -2.56. The van der Waals surface area contributed by atoms with E-state index in [1.807, 2.05) is 24.3 Å². The van der Waals surface area contributed by atoms with E-state index in [9.17, 15) is 9.59 Å². The van der Waals surface area contributed by atoms with Crippen LogP contribution in [0.25, 0.3) is 0 Å². The fourth-order valence-electron chi connectivity index (χ4n) is 3.36. The topological polar surface area (TPSA) is 62.0 Å². The van der Waals surface area contributed by atoms with Crippen molar-refractivity contribution in [3.8, 4) is 5.75 Å². The molecule has 0 radical (unpaired) electrons. The first-order valence-corrected chi connectivity index (χ1v) is 9.51. The van der Waals surface area contributed by atoms with Gasteiger partial charge in [-0.3, -0.25) is 4.99 Å².